The average Bonchev–Trinajstić information content (AvgIpc) is 2.50. The molecule has 0 saturated carbocycles. The second kappa shape index (κ2) is 8.32. The van der Waals surface area contributed by atoms with Crippen molar-refractivity contribution in [2.45, 2.75) is 6.42 Å². The van der Waals surface area contributed by atoms with Crippen molar-refractivity contribution in [2.24, 2.45) is 10.7 Å². The Morgan fingerprint density at radius 3 is 2.60 bits per heavy atom. The summed E-state index contributed by atoms with van der Waals surface area (Å²) in [5, 5.41) is 3.53. The molecule has 0 aromatic heterocycles. The smallest absolute Gasteiger partial charge is 0.160 e. The van der Waals surface area contributed by atoms with E-state index in [1.165, 1.54) is 6.20 Å². The van der Waals surface area contributed by atoms with Crippen molar-refractivity contribution < 1.29 is 9.47 Å². The van der Waals surface area contributed by atoms with Gasteiger partial charge in [0.05, 0.1) is 19.3 Å². The lowest BCUT2D eigenvalue weighted by Gasteiger charge is -2.11. The Kier molecular flexibility index (Phi) is 6.73. The summed E-state index contributed by atoms with van der Waals surface area (Å²) in [6.07, 6.45) is 2.11. The van der Waals surface area contributed by atoms with Crippen LogP contribution in [0.3, 0.4) is 0 Å². The molecule has 0 fully saturated rings. The van der Waals surface area contributed by atoms with Crippen molar-refractivity contribution in [3.8, 4) is 11.5 Å². The number of nitrogens with two attached hydrogens (primary N) is 1. The van der Waals surface area contributed by atoms with Crippen molar-refractivity contribution in [3.05, 3.63) is 35.0 Å². The second-order valence-corrected chi connectivity index (χ2v) is 4.36. The summed E-state index contributed by atoms with van der Waals surface area (Å²) < 4.78 is 10.5. The molecule has 1 aromatic carbocycles. The maximum atomic E-state index is 5.91. The van der Waals surface area contributed by atoms with Crippen LogP contribution in [0.25, 0.3) is 0 Å². The van der Waals surface area contributed by atoms with E-state index < -0.39 is 0 Å². The van der Waals surface area contributed by atoms with Gasteiger partial charge in [0.1, 0.15) is 5.84 Å². The molecule has 0 radical (unpaired) electrons. The first-order valence-corrected chi connectivity index (χ1v) is 6.53. The van der Waals surface area contributed by atoms with E-state index in [0.717, 1.165) is 12.0 Å². The van der Waals surface area contributed by atoms with Crippen LogP contribution in [0, 0.1) is 0 Å². The molecule has 0 heterocycles. The number of aliphatic imine (C=N–C) groups is 1. The van der Waals surface area contributed by atoms with Gasteiger partial charge in [-0.05, 0) is 24.1 Å². The van der Waals surface area contributed by atoms with E-state index in [1.807, 2.05) is 18.2 Å². The van der Waals surface area contributed by atoms with Crippen molar-refractivity contribution in [2.75, 3.05) is 27.8 Å². The Hall–Kier alpha value is -1.88. The molecule has 0 unspecified atom stereocenters. The predicted molar refractivity (Wildman–Crippen MR) is 82.7 cm³/mol. The van der Waals surface area contributed by atoms with Gasteiger partial charge in [-0.2, -0.15) is 0 Å². The van der Waals surface area contributed by atoms with Gasteiger partial charge in [0.2, 0.25) is 0 Å². The molecule has 6 heteroatoms. The van der Waals surface area contributed by atoms with Crippen molar-refractivity contribution in [3.63, 3.8) is 0 Å². The number of halogens is 1. The van der Waals surface area contributed by atoms with Gasteiger partial charge in [0.25, 0.3) is 0 Å². The molecule has 0 bridgehead atoms. The van der Waals surface area contributed by atoms with Crippen LogP contribution in [0.4, 0.5) is 0 Å². The minimum absolute atomic E-state index is 0.403. The van der Waals surface area contributed by atoms with Crippen LogP contribution in [0.15, 0.2) is 34.4 Å². The van der Waals surface area contributed by atoms with Gasteiger partial charge in [-0.3, -0.25) is 4.99 Å². The summed E-state index contributed by atoms with van der Waals surface area (Å²) in [7, 11) is 4.89. The predicted octanol–water partition coefficient (Wildman–Crippen LogP) is 1.90. The minimum Gasteiger partial charge on any atom is -0.493 e. The summed E-state index contributed by atoms with van der Waals surface area (Å²) in [4.78, 5) is 4.03. The van der Waals surface area contributed by atoms with E-state index >= 15 is 0 Å². The Balaban J connectivity index is 2.62. The van der Waals surface area contributed by atoms with Crippen LogP contribution in [0.2, 0.25) is 0 Å². The van der Waals surface area contributed by atoms with Crippen LogP contribution in [0.1, 0.15) is 5.56 Å². The van der Waals surface area contributed by atoms with Gasteiger partial charge in [-0.1, -0.05) is 17.7 Å². The fourth-order valence-electron chi connectivity index (χ4n) is 1.71. The first-order chi connectivity index (χ1) is 9.65. The van der Waals surface area contributed by atoms with Crippen molar-refractivity contribution in [1.29, 1.82) is 0 Å². The molecule has 0 aliphatic heterocycles. The van der Waals surface area contributed by atoms with Gasteiger partial charge < -0.3 is 20.5 Å². The lowest BCUT2D eigenvalue weighted by Crippen LogP contribution is -2.26. The molecular weight excluding hydrogens is 278 g/mol. The number of nitrogens with one attached hydrogen (secondary N) is 1. The molecule has 0 saturated heterocycles. The Morgan fingerprint density at radius 1 is 1.35 bits per heavy atom. The van der Waals surface area contributed by atoms with E-state index in [2.05, 4.69) is 10.3 Å². The van der Waals surface area contributed by atoms with E-state index in [1.54, 1.807) is 21.3 Å². The van der Waals surface area contributed by atoms with Gasteiger partial charge >= 0.3 is 0 Å². The Bertz CT molecular complexity index is 501. The molecule has 5 nitrogen and oxygen atoms in total. The first-order valence-electron chi connectivity index (χ1n) is 6.15. The fraction of sp³-hybridized carbons (Fsp3) is 0.357. The van der Waals surface area contributed by atoms with Gasteiger partial charge in [0.15, 0.2) is 11.5 Å². The summed E-state index contributed by atoms with van der Waals surface area (Å²) in [5.41, 5.74) is 6.48. The average molecular weight is 298 g/mol. The molecule has 110 valence electrons. The normalized spacial score (nSPS) is 12.2. The molecular formula is C14H20ClN3O2. The summed E-state index contributed by atoms with van der Waals surface area (Å²) in [6.45, 7) is 0.687. The van der Waals surface area contributed by atoms with Crippen LogP contribution in [0.5, 0.6) is 11.5 Å². The molecule has 1 rings (SSSR count). The van der Waals surface area contributed by atoms with Gasteiger partial charge in [-0.25, -0.2) is 0 Å². The highest BCUT2D eigenvalue weighted by atomic mass is 35.5. The van der Waals surface area contributed by atoms with Crippen LogP contribution >= 0.6 is 11.6 Å². The van der Waals surface area contributed by atoms with Crippen molar-refractivity contribution >= 4 is 17.4 Å². The third-order valence-electron chi connectivity index (χ3n) is 2.75. The largest absolute Gasteiger partial charge is 0.493 e. The molecule has 3 N–H and O–H groups in total. The molecule has 0 spiro atoms. The summed E-state index contributed by atoms with van der Waals surface area (Å²) in [5.74, 6) is 2.01. The Labute approximate surface area is 124 Å². The topological polar surface area (TPSA) is 68.9 Å². The number of rotatable bonds is 6. The third kappa shape index (κ3) is 4.35. The molecule has 20 heavy (non-hydrogen) atoms. The number of amidine groups is 1. The van der Waals surface area contributed by atoms with Crippen molar-refractivity contribution in [1.82, 2.24) is 5.32 Å². The highest BCUT2D eigenvalue weighted by Gasteiger charge is 2.06. The number of methoxy groups -OCH3 is 2. The number of hydrogen-bond acceptors (Lipinski definition) is 4. The lowest BCUT2D eigenvalue weighted by atomic mass is 10.1. The third-order valence-corrected chi connectivity index (χ3v) is 3.06. The van der Waals surface area contributed by atoms with Crippen LogP contribution in [-0.2, 0) is 6.42 Å². The zero-order valence-corrected chi connectivity index (χ0v) is 12.7. The zero-order chi connectivity index (χ0) is 15.0. The first kappa shape index (κ1) is 16.2. The highest BCUT2D eigenvalue weighted by Crippen LogP contribution is 2.27. The van der Waals surface area contributed by atoms with Gasteiger partial charge in [0, 0.05) is 19.8 Å². The van der Waals surface area contributed by atoms with Crippen LogP contribution < -0.4 is 20.5 Å². The highest BCUT2D eigenvalue weighted by molar-refractivity contribution is 6.43. The second-order valence-electron chi connectivity index (χ2n) is 3.95. The van der Waals surface area contributed by atoms with Gasteiger partial charge in [-0.15, -0.1) is 0 Å². The fourth-order valence-corrected chi connectivity index (χ4v) is 1.86. The maximum Gasteiger partial charge on any atom is 0.160 e. The zero-order valence-electron chi connectivity index (χ0n) is 11.9. The van der Waals surface area contributed by atoms with E-state index in [0.29, 0.717) is 28.9 Å². The van der Waals surface area contributed by atoms with Crippen LogP contribution in [-0.4, -0.2) is 33.6 Å². The lowest BCUT2D eigenvalue weighted by molar-refractivity contribution is 0.354. The number of hydrogen-bond donors (Lipinski definition) is 2. The number of nitrogens with zero attached hydrogens (tertiary/aromatic N) is 1. The molecule has 0 aliphatic rings. The monoisotopic (exact) mass is 297 g/mol. The van der Waals surface area contributed by atoms with E-state index in [4.69, 9.17) is 26.8 Å². The quantitative estimate of drug-likeness (QED) is 0.621. The molecule has 1 aromatic rings. The molecule has 0 atom stereocenters. The van der Waals surface area contributed by atoms with E-state index in [9.17, 15) is 0 Å². The molecule has 0 aliphatic carbocycles. The maximum absolute atomic E-state index is 5.91. The minimum atomic E-state index is 0.403. The summed E-state index contributed by atoms with van der Waals surface area (Å²) in [6, 6.07) is 5.82. The molecule has 0 amide bonds. The number of ether oxygens (including phenoxy) is 2. The Morgan fingerprint density at radius 2 is 2.05 bits per heavy atom. The van der Waals surface area contributed by atoms with E-state index in [-0.39, 0.29) is 0 Å². The standard InChI is InChI=1S/C14H20ClN3O2/c1-17-14(11(15)9-16)18-7-6-10-4-5-12(19-2)13(8-10)20-3/h4-5,8-9H,6-7,16H2,1-3H3,(H,17,18). The summed E-state index contributed by atoms with van der Waals surface area (Å²) >= 11 is 5.91. The SMILES string of the molecule is CN=C(NCCc1ccc(OC)c(OC)c1)C(Cl)=CN. The number of benzene rings is 1.